The highest BCUT2D eigenvalue weighted by atomic mass is 35.5. The van der Waals surface area contributed by atoms with Gasteiger partial charge in [-0.05, 0) is 38.1 Å². The zero-order valence-corrected chi connectivity index (χ0v) is 24.8. The van der Waals surface area contributed by atoms with Gasteiger partial charge >= 0.3 is 0 Å². The van der Waals surface area contributed by atoms with Gasteiger partial charge in [0, 0.05) is 32.7 Å². The van der Waals surface area contributed by atoms with Crippen LogP contribution in [0.4, 0.5) is 28.8 Å². The lowest BCUT2D eigenvalue weighted by Crippen LogP contribution is -2.47. The Kier molecular flexibility index (Phi) is 9.86. The third-order valence-electron chi connectivity index (χ3n) is 6.29. The van der Waals surface area contributed by atoms with Gasteiger partial charge in [-0.1, -0.05) is 23.7 Å². The van der Waals surface area contributed by atoms with Gasteiger partial charge in [0.25, 0.3) is 5.91 Å². The van der Waals surface area contributed by atoms with Crippen molar-refractivity contribution in [1.82, 2.24) is 20.2 Å². The topological polar surface area (TPSA) is 147 Å². The molecular weight excluding hydrogens is 570 g/mol. The van der Waals surface area contributed by atoms with E-state index >= 15 is 0 Å². The molecule has 3 aromatic rings. The van der Waals surface area contributed by atoms with Crippen LogP contribution in [0.15, 0.2) is 48.7 Å². The van der Waals surface area contributed by atoms with Crippen molar-refractivity contribution in [2.45, 2.75) is 26.1 Å². The number of nitrogens with zero attached hydrogens (tertiary/aromatic N) is 3. The van der Waals surface area contributed by atoms with Crippen molar-refractivity contribution in [2.75, 3.05) is 54.9 Å². The summed E-state index contributed by atoms with van der Waals surface area (Å²) in [4.78, 5) is 23.0. The van der Waals surface area contributed by atoms with E-state index in [2.05, 4.69) is 35.5 Å². The van der Waals surface area contributed by atoms with Gasteiger partial charge in [0.1, 0.15) is 10.8 Å². The largest absolute Gasteiger partial charge is 0.494 e. The van der Waals surface area contributed by atoms with Crippen molar-refractivity contribution in [1.29, 1.82) is 0 Å². The van der Waals surface area contributed by atoms with Gasteiger partial charge in [0.2, 0.25) is 16.0 Å². The maximum Gasteiger partial charge on any atom is 0.253 e. The average Bonchev–Trinajstić information content (AvgIpc) is 2.94. The molecule has 1 fully saturated rings. The Labute approximate surface area is 244 Å². The number of hydrogen-bond donors (Lipinski definition) is 4. The van der Waals surface area contributed by atoms with E-state index in [1.54, 1.807) is 49.5 Å². The van der Waals surface area contributed by atoms with Gasteiger partial charge in [0.05, 0.1) is 53.9 Å². The summed E-state index contributed by atoms with van der Waals surface area (Å²) in [5.74, 6) is 0.552. The predicted molar refractivity (Wildman–Crippen MR) is 160 cm³/mol. The predicted octanol–water partition coefficient (Wildman–Crippen LogP) is 3.84. The van der Waals surface area contributed by atoms with E-state index in [0.29, 0.717) is 48.0 Å². The average molecular weight is 604 g/mol. The molecule has 0 spiro atoms. The number of sulfonamides is 1. The molecule has 1 saturated heterocycles. The number of para-hydroxylation sites is 1. The van der Waals surface area contributed by atoms with Gasteiger partial charge in [-0.3, -0.25) is 14.4 Å². The Morgan fingerprint density at radius 1 is 1.12 bits per heavy atom. The Morgan fingerprint density at radius 2 is 1.85 bits per heavy atom. The molecule has 2 atom stereocenters. The fourth-order valence-electron chi connectivity index (χ4n) is 4.49. The van der Waals surface area contributed by atoms with Gasteiger partial charge in [-0.25, -0.2) is 13.4 Å². The van der Waals surface area contributed by atoms with Crippen LogP contribution in [0, 0.1) is 0 Å². The Hall–Kier alpha value is -3.65. The lowest BCUT2D eigenvalue weighted by molar-refractivity contribution is -0.0662. The highest BCUT2D eigenvalue weighted by molar-refractivity contribution is 7.92. The quantitative estimate of drug-likeness (QED) is 0.255. The van der Waals surface area contributed by atoms with Gasteiger partial charge in [0.15, 0.2) is 5.82 Å². The molecule has 41 heavy (non-hydrogen) atoms. The van der Waals surface area contributed by atoms with Crippen molar-refractivity contribution in [3.63, 3.8) is 0 Å². The smallest absolute Gasteiger partial charge is 0.253 e. The standard InChI is InChI=1S/C27H34ClN7O5S/c1-17-15-35(16-18(2)40-17)11-12-41(37,38)34-19-9-10-23(24(13-19)39-4)32-27-30-14-21(28)25(33-27)31-22-8-6-5-7-20(22)26(36)29-3/h5-10,13-14,17-18,34H,11-12,15-16H2,1-4H3,(H,29,36)(H2,30,31,32,33)/t17-,18+. The summed E-state index contributed by atoms with van der Waals surface area (Å²) >= 11 is 6.33. The molecule has 2 heterocycles. The van der Waals surface area contributed by atoms with E-state index in [-0.39, 0.29) is 40.7 Å². The third-order valence-corrected chi connectivity index (χ3v) is 7.83. The summed E-state index contributed by atoms with van der Waals surface area (Å²) in [6, 6.07) is 11.8. The second-order valence-corrected chi connectivity index (χ2v) is 11.9. The molecule has 14 heteroatoms. The number of methoxy groups -OCH3 is 1. The van der Waals surface area contributed by atoms with Gasteiger partial charge in [-0.2, -0.15) is 4.98 Å². The number of carbonyl (C=O) groups is 1. The molecule has 2 aromatic carbocycles. The van der Waals surface area contributed by atoms with Crippen LogP contribution in [0.2, 0.25) is 5.02 Å². The number of anilines is 5. The fourth-order valence-corrected chi connectivity index (χ4v) is 5.72. The Bertz CT molecular complexity index is 1480. The number of aromatic nitrogens is 2. The number of halogens is 1. The van der Waals surface area contributed by atoms with Crippen LogP contribution in [0.5, 0.6) is 5.75 Å². The summed E-state index contributed by atoms with van der Waals surface area (Å²) in [7, 11) is -0.575. The number of carbonyl (C=O) groups excluding carboxylic acids is 1. The molecule has 4 rings (SSSR count). The molecule has 1 aliphatic rings. The van der Waals surface area contributed by atoms with Gasteiger partial charge in [-0.15, -0.1) is 0 Å². The van der Waals surface area contributed by atoms with E-state index in [1.165, 1.54) is 13.3 Å². The van der Waals surface area contributed by atoms with E-state index in [1.807, 2.05) is 13.8 Å². The van der Waals surface area contributed by atoms with Crippen molar-refractivity contribution < 1.29 is 22.7 Å². The summed E-state index contributed by atoms with van der Waals surface area (Å²) in [5, 5.41) is 9.01. The minimum absolute atomic E-state index is 0.0494. The first-order chi connectivity index (χ1) is 19.6. The fraction of sp³-hybridized carbons (Fsp3) is 0.370. The number of ether oxygens (including phenoxy) is 2. The number of rotatable bonds is 11. The molecule has 0 bridgehead atoms. The van der Waals surface area contributed by atoms with Crippen LogP contribution in [0.1, 0.15) is 24.2 Å². The van der Waals surface area contributed by atoms with Crippen LogP contribution in [0.3, 0.4) is 0 Å². The molecule has 0 saturated carbocycles. The normalized spacial score (nSPS) is 17.5. The Morgan fingerprint density at radius 3 is 2.56 bits per heavy atom. The summed E-state index contributed by atoms with van der Waals surface area (Å²) in [5.41, 5.74) is 1.81. The summed E-state index contributed by atoms with van der Waals surface area (Å²) in [6.07, 6.45) is 1.55. The van der Waals surface area contributed by atoms with Crippen molar-refractivity contribution >= 4 is 56.4 Å². The highest BCUT2D eigenvalue weighted by Crippen LogP contribution is 2.32. The minimum Gasteiger partial charge on any atom is -0.494 e. The van der Waals surface area contributed by atoms with E-state index < -0.39 is 10.0 Å². The number of hydrogen-bond acceptors (Lipinski definition) is 10. The zero-order valence-electron chi connectivity index (χ0n) is 23.3. The zero-order chi connectivity index (χ0) is 29.6. The van der Waals surface area contributed by atoms with Crippen molar-refractivity contribution in [3.05, 3.63) is 59.2 Å². The third kappa shape index (κ3) is 8.19. The molecule has 0 aliphatic carbocycles. The lowest BCUT2D eigenvalue weighted by Gasteiger charge is -2.35. The van der Waals surface area contributed by atoms with Crippen LogP contribution in [-0.4, -0.2) is 80.9 Å². The number of nitrogens with one attached hydrogen (secondary N) is 4. The van der Waals surface area contributed by atoms with Gasteiger partial charge < -0.3 is 25.4 Å². The molecule has 0 unspecified atom stereocenters. The maximum absolute atomic E-state index is 12.8. The number of amides is 1. The van der Waals surface area contributed by atoms with Crippen LogP contribution in [0.25, 0.3) is 0 Å². The van der Waals surface area contributed by atoms with Crippen LogP contribution >= 0.6 is 11.6 Å². The summed E-state index contributed by atoms with van der Waals surface area (Å²) in [6.45, 7) is 5.76. The number of benzene rings is 2. The molecule has 4 N–H and O–H groups in total. The first kappa shape index (κ1) is 30.3. The Balaban J connectivity index is 1.45. The maximum atomic E-state index is 12.8. The highest BCUT2D eigenvalue weighted by Gasteiger charge is 2.24. The van der Waals surface area contributed by atoms with E-state index in [0.717, 1.165) is 0 Å². The van der Waals surface area contributed by atoms with Crippen molar-refractivity contribution in [3.8, 4) is 5.75 Å². The molecule has 220 valence electrons. The van der Waals surface area contributed by atoms with E-state index in [9.17, 15) is 13.2 Å². The molecule has 12 nitrogen and oxygen atoms in total. The molecule has 1 amide bonds. The molecule has 1 aliphatic heterocycles. The van der Waals surface area contributed by atoms with Crippen molar-refractivity contribution in [2.24, 2.45) is 0 Å². The minimum atomic E-state index is -3.60. The first-order valence-corrected chi connectivity index (χ1v) is 15.0. The second kappa shape index (κ2) is 13.3. The second-order valence-electron chi connectivity index (χ2n) is 9.62. The van der Waals surface area contributed by atoms with E-state index in [4.69, 9.17) is 21.1 Å². The monoisotopic (exact) mass is 603 g/mol. The van der Waals surface area contributed by atoms with Crippen LogP contribution < -0.4 is 25.4 Å². The van der Waals surface area contributed by atoms with Crippen LogP contribution in [-0.2, 0) is 14.8 Å². The molecule has 1 aromatic heterocycles. The molecule has 0 radical (unpaired) electrons. The SMILES string of the molecule is CNC(=O)c1ccccc1Nc1nc(Nc2ccc(NS(=O)(=O)CCN3C[C@@H](C)O[C@@H](C)C3)cc2OC)ncc1Cl. The number of morpholine rings is 1. The molecular formula is C27H34ClN7O5S. The summed E-state index contributed by atoms with van der Waals surface area (Å²) < 4.78 is 39.4. The lowest BCUT2D eigenvalue weighted by atomic mass is 10.1. The first-order valence-electron chi connectivity index (χ1n) is 13.0.